The normalized spacial score (nSPS) is 11.6. The van der Waals surface area contributed by atoms with Gasteiger partial charge in [0.25, 0.3) is 0 Å². The molecule has 0 fully saturated rings. The van der Waals surface area contributed by atoms with Gasteiger partial charge in [0, 0.05) is 11.6 Å². The molecule has 0 aromatic heterocycles. The minimum atomic E-state index is -0.949. The minimum absolute atomic E-state index is 0.145. The Labute approximate surface area is 153 Å². The Kier molecular flexibility index (Phi) is 5.36. The Morgan fingerprint density at radius 3 is 2.62 bits per heavy atom. The third-order valence-electron chi connectivity index (χ3n) is 4.50. The van der Waals surface area contributed by atoms with Crippen LogP contribution in [-0.2, 0) is 0 Å². The first-order valence-electron chi connectivity index (χ1n) is 8.60. The van der Waals surface area contributed by atoms with E-state index in [1.54, 1.807) is 12.1 Å². The summed E-state index contributed by atoms with van der Waals surface area (Å²) < 4.78 is 0. The predicted octanol–water partition coefficient (Wildman–Crippen LogP) is 4.55. The van der Waals surface area contributed by atoms with Gasteiger partial charge in [0.05, 0.1) is 12.1 Å². The third kappa shape index (κ3) is 3.77. The molecule has 3 heteroatoms. The van der Waals surface area contributed by atoms with Crippen LogP contribution in [-0.4, -0.2) is 17.6 Å². The van der Waals surface area contributed by atoms with Gasteiger partial charge in [-0.15, -0.1) is 0 Å². The van der Waals surface area contributed by atoms with E-state index >= 15 is 0 Å². The molecule has 0 aliphatic heterocycles. The minimum Gasteiger partial charge on any atom is -0.478 e. The summed E-state index contributed by atoms with van der Waals surface area (Å²) in [6.07, 6.45) is 0. The molecule has 0 saturated heterocycles. The molecule has 0 aliphatic carbocycles. The van der Waals surface area contributed by atoms with Gasteiger partial charge in [0.15, 0.2) is 0 Å². The quantitative estimate of drug-likeness (QED) is 0.683. The molecule has 0 amide bonds. The van der Waals surface area contributed by atoms with Crippen LogP contribution in [0.1, 0.15) is 40.0 Å². The number of rotatable bonds is 4. The van der Waals surface area contributed by atoms with Crippen LogP contribution in [0.4, 0.5) is 0 Å². The maximum atomic E-state index is 11.3. The number of hydrogen-bond donors (Lipinski definition) is 2. The van der Waals surface area contributed by atoms with Crippen LogP contribution in [0.15, 0.2) is 60.7 Å². The topological polar surface area (TPSA) is 49.3 Å². The van der Waals surface area contributed by atoms with Crippen molar-refractivity contribution in [2.75, 3.05) is 6.54 Å². The molecule has 0 heterocycles. The fourth-order valence-electron chi connectivity index (χ4n) is 3.09. The van der Waals surface area contributed by atoms with E-state index in [0.717, 1.165) is 5.56 Å². The van der Waals surface area contributed by atoms with Gasteiger partial charge in [-0.05, 0) is 41.8 Å². The summed E-state index contributed by atoms with van der Waals surface area (Å²) in [5, 5.41) is 15.2. The van der Waals surface area contributed by atoms with Gasteiger partial charge < -0.3 is 5.11 Å². The lowest BCUT2D eigenvalue weighted by Gasteiger charge is -2.15. The highest BCUT2D eigenvalue weighted by Gasteiger charge is 2.10. The van der Waals surface area contributed by atoms with Gasteiger partial charge in [-0.3, -0.25) is 5.32 Å². The molecule has 0 spiro atoms. The Hall–Kier alpha value is -3.09. The lowest BCUT2D eigenvalue weighted by molar-refractivity contribution is 0.0696. The molecule has 26 heavy (non-hydrogen) atoms. The molecule has 1 unspecified atom stereocenters. The smallest absolute Gasteiger partial charge is 0.336 e. The number of benzene rings is 3. The number of aryl methyl sites for hydroxylation is 1. The predicted molar refractivity (Wildman–Crippen MR) is 105 cm³/mol. The zero-order valence-electron chi connectivity index (χ0n) is 14.9. The largest absolute Gasteiger partial charge is 0.478 e. The summed E-state index contributed by atoms with van der Waals surface area (Å²) in [7, 11) is 0. The first kappa shape index (κ1) is 17.7. The van der Waals surface area contributed by atoms with Crippen LogP contribution in [0.2, 0.25) is 0 Å². The van der Waals surface area contributed by atoms with Gasteiger partial charge in [-0.1, -0.05) is 66.4 Å². The molecule has 130 valence electrons. The summed E-state index contributed by atoms with van der Waals surface area (Å²) in [6, 6.07) is 20.0. The molecule has 3 rings (SSSR count). The molecular formula is C23H21NO2. The first-order valence-corrected chi connectivity index (χ1v) is 8.60. The Morgan fingerprint density at radius 2 is 1.81 bits per heavy atom. The maximum Gasteiger partial charge on any atom is 0.336 e. The van der Waals surface area contributed by atoms with Crippen molar-refractivity contribution >= 4 is 16.7 Å². The van der Waals surface area contributed by atoms with Crippen molar-refractivity contribution in [3.63, 3.8) is 0 Å². The van der Waals surface area contributed by atoms with Crippen molar-refractivity contribution in [3.8, 4) is 11.8 Å². The number of carboxylic acids is 1. The van der Waals surface area contributed by atoms with Gasteiger partial charge >= 0.3 is 5.97 Å². The number of nitrogens with one attached hydrogen (secondary N) is 1. The molecule has 0 saturated carbocycles. The van der Waals surface area contributed by atoms with Crippen molar-refractivity contribution in [3.05, 3.63) is 82.9 Å². The lowest BCUT2D eigenvalue weighted by Crippen LogP contribution is -2.19. The fraction of sp³-hybridized carbons (Fsp3) is 0.174. The van der Waals surface area contributed by atoms with Crippen LogP contribution in [0.25, 0.3) is 10.8 Å². The summed E-state index contributed by atoms with van der Waals surface area (Å²) in [5.41, 5.74) is 2.94. The zero-order valence-corrected chi connectivity index (χ0v) is 14.9. The highest BCUT2D eigenvalue weighted by Crippen LogP contribution is 2.23. The average molecular weight is 343 g/mol. The summed E-state index contributed by atoms with van der Waals surface area (Å²) >= 11 is 0. The van der Waals surface area contributed by atoms with Crippen LogP contribution >= 0.6 is 0 Å². The van der Waals surface area contributed by atoms with Gasteiger partial charge in [0.1, 0.15) is 0 Å². The molecular weight excluding hydrogens is 322 g/mol. The molecule has 3 nitrogen and oxygen atoms in total. The Morgan fingerprint density at radius 1 is 1.08 bits per heavy atom. The second-order valence-corrected chi connectivity index (χ2v) is 6.28. The second-order valence-electron chi connectivity index (χ2n) is 6.28. The molecule has 0 radical (unpaired) electrons. The maximum absolute atomic E-state index is 11.3. The summed E-state index contributed by atoms with van der Waals surface area (Å²) in [6.45, 7) is 4.47. The fourth-order valence-corrected chi connectivity index (χ4v) is 3.09. The molecule has 3 aromatic rings. The summed E-state index contributed by atoms with van der Waals surface area (Å²) in [5.74, 6) is 5.13. The summed E-state index contributed by atoms with van der Waals surface area (Å²) in [4.78, 5) is 11.3. The first-order chi connectivity index (χ1) is 12.6. The number of aromatic carboxylic acids is 1. The molecule has 1 atom stereocenters. The van der Waals surface area contributed by atoms with Gasteiger partial charge in [-0.25, -0.2) is 4.79 Å². The van der Waals surface area contributed by atoms with E-state index in [0.29, 0.717) is 12.1 Å². The van der Waals surface area contributed by atoms with Crippen LogP contribution < -0.4 is 5.32 Å². The standard InChI is InChI=1S/C23H21NO2/c1-16-8-5-13-22(23(25)26)19(16)14-7-15-24-17(2)20-12-6-10-18-9-3-4-11-21(18)20/h3-6,8-13,17,24H,15H2,1-2H3,(H,25,26). The van der Waals surface area contributed by atoms with Crippen molar-refractivity contribution in [1.82, 2.24) is 5.32 Å². The van der Waals surface area contributed by atoms with Crippen LogP contribution in [0, 0.1) is 18.8 Å². The van der Waals surface area contributed by atoms with E-state index in [9.17, 15) is 9.90 Å². The van der Waals surface area contributed by atoms with E-state index in [1.807, 2.05) is 25.1 Å². The lowest BCUT2D eigenvalue weighted by atomic mass is 10.00. The van der Waals surface area contributed by atoms with Gasteiger partial charge in [0.2, 0.25) is 0 Å². The highest BCUT2D eigenvalue weighted by atomic mass is 16.4. The van der Waals surface area contributed by atoms with E-state index in [1.165, 1.54) is 16.3 Å². The third-order valence-corrected chi connectivity index (χ3v) is 4.50. The van der Waals surface area contributed by atoms with E-state index in [4.69, 9.17) is 0 Å². The molecule has 0 aliphatic rings. The van der Waals surface area contributed by atoms with E-state index < -0.39 is 5.97 Å². The molecule has 3 aromatic carbocycles. The van der Waals surface area contributed by atoms with Crippen LogP contribution in [0.3, 0.4) is 0 Å². The van der Waals surface area contributed by atoms with E-state index in [2.05, 4.69) is 54.4 Å². The van der Waals surface area contributed by atoms with E-state index in [-0.39, 0.29) is 11.6 Å². The number of carbonyl (C=O) groups is 1. The molecule has 0 bridgehead atoms. The average Bonchev–Trinajstić information content (AvgIpc) is 2.65. The highest BCUT2D eigenvalue weighted by molar-refractivity contribution is 5.91. The van der Waals surface area contributed by atoms with Crippen molar-refractivity contribution in [2.45, 2.75) is 19.9 Å². The van der Waals surface area contributed by atoms with Gasteiger partial charge in [-0.2, -0.15) is 0 Å². The SMILES string of the molecule is Cc1cccc(C(=O)O)c1C#CCNC(C)c1cccc2ccccc12. The van der Waals surface area contributed by atoms with Crippen molar-refractivity contribution in [1.29, 1.82) is 0 Å². The Balaban J connectivity index is 1.75. The number of fused-ring (bicyclic) bond motifs is 1. The number of carboxylic acid groups (broad SMARTS) is 1. The van der Waals surface area contributed by atoms with Crippen molar-refractivity contribution in [2.24, 2.45) is 0 Å². The Bertz CT molecular complexity index is 1010. The van der Waals surface area contributed by atoms with Crippen molar-refractivity contribution < 1.29 is 9.90 Å². The second kappa shape index (κ2) is 7.86. The zero-order chi connectivity index (χ0) is 18.5. The monoisotopic (exact) mass is 343 g/mol. The van der Waals surface area contributed by atoms with Crippen LogP contribution in [0.5, 0.6) is 0 Å². The number of hydrogen-bond acceptors (Lipinski definition) is 2. The molecule has 2 N–H and O–H groups in total.